The third-order valence-corrected chi connectivity index (χ3v) is 5.87. The molecule has 2 heterocycles. The number of aryl methyl sites for hydroxylation is 2. The van der Waals surface area contributed by atoms with Gasteiger partial charge in [0.25, 0.3) is 10.0 Å². The largest absolute Gasteiger partial charge is 0.334 e. The Morgan fingerprint density at radius 1 is 1.50 bits per heavy atom. The fraction of sp³-hybridized carbons (Fsp3) is 0.769. The quantitative estimate of drug-likeness (QED) is 0.894. The van der Waals surface area contributed by atoms with Gasteiger partial charge in [0.15, 0.2) is 5.03 Å². The first kappa shape index (κ1) is 15.5. The first-order valence-electron chi connectivity index (χ1n) is 7.11. The average molecular weight is 300 g/mol. The van der Waals surface area contributed by atoms with Crippen molar-refractivity contribution >= 4 is 10.0 Å². The van der Waals surface area contributed by atoms with Gasteiger partial charge in [-0.1, -0.05) is 6.92 Å². The number of hydrogen-bond acceptors (Lipinski definition) is 4. The zero-order valence-electron chi connectivity index (χ0n) is 12.6. The normalized spacial score (nSPS) is 25.0. The van der Waals surface area contributed by atoms with Gasteiger partial charge in [0.1, 0.15) is 5.82 Å². The second kappa shape index (κ2) is 5.83. The number of piperidine rings is 1. The van der Waals surface area contributed by atoms with Crippen molar-refractivity contribution in [2.24, 2.45) is 5.92 Å². The van der Waals surface area contributed by atoms with E-state index in [9.17, 15) is 8.42 Å². The molecule has 0 aromatic carbocycles. The maximum atomic E-state index is 12.6. The minimum Gasteiger partial charge on any atom is -0.334 e. The zero-order valence-corrected chi connectivity index (χ0v) is 13.4. The third kappa shape index (κ3) is 2.75. The SMILES string of the molecule is CCn1cc(S(=O)(=O)N2CCC(NC)C(C)C2)nc1C. The number of imidazole rings is 1. The van der Waals surface area contributed by atoms with Crippen LogP contribution in [-0.4, -0.2) is 48.5 Å². The van der Waals surface area contributed by atoms with E-state index in [0.717, 1.165) is 18.8 Å². The van der Waals surface area contributed by atoms with E-state index in [1.165, 1.54) is 0 Å². The standard InChI is InChI=1S/C13H24N4O2S/c1-5-16-9-13(15-11(16)3)20(18,19)17-7-6-12(14-4)10(2)8-17/h9-10,12,14H,5-8H2,1-4H3. The highest BCUT2D eigenvalue weighted by Crippen LogP contribution is 2.23. The topological polar surface area (TPSA) is 67.2 Å². The van der Waals surface area contributed by atoms with Crippen LogP contribution in [-0.2, 0) is 16.6 Å². The molecule has 0 bridgehead atoms. The molecule has 0 spiro atoms. The molecule has 1 saturated heterocycles. The Morgan fingerprint density at radius 2 is 2.20 bits per heavy atom. The van der Waals surface area contributed by atoms with Gasteiger partial charge in [-0.2, -0.15) is 4.31 Å². The molecular formula is C13H24N4O2S. The van der Waals surface area contributed by atoms with Crippen LogP contribution in [0.5, 0.6) is 0 Å². The van der Waals surface area contributed by atoms with Crippen molar-refractivity contribution in [2.75, 3.05) is 20.1 Å². The molecule has 1 aliphatic rings. The molecule has 7 heteroatoms. The molecule has 20 heavy (non-hydrogen) atoms. The van der Waals surface area contributed by atoms with Crippen molar-refractivity contribution in [2.45, 2.75) is 44.8 Å². The number of aromatic nitrogens is 2. The van der Waals surface area contributed by atoms with Gasteiger partial charge in [-0.05, 0) is 33.2 Å². The molecule has 0 radical (unpaired) electrons. The van der Waals surface area contributed by atoms with Gasteiger partial charge in [0.05, 0.1) is 0 Å². The van der Waals surface area contributed by atoms with Crippen LogP contribution in [0.25, 0.3) is 0 Å². The van der Waals surface area contributed by atoms with Gasteiger partial charge in [-0.15, -0.1) is 0 Å². The van der Waals surface area contributed by atoms with Crippen molar-refractivity contribution in [1.29, 1.82) is 0 Å². The second-order valence-corrected chi connectivity index (χ2v) is 7.32. The monoisotopic (exact) mass is 300 g/mol. The van der Waals surface area contributed by atoms with Crippen LogP contribution >= 0.6 is 0 Å². The van der Waals surface area contributed by atoms with E-state index in [2.05, 4.69) is 17.2 Å². The predicted octanol–water partition coefficient (Wildman–Crippen LogP) is 0.830. The van der Waals surface area contributed by atoms with E-state index >= 15 is 0 Å². The van der Waals surface area contributed by atoms with Gasteiger partial charge in [0.2, 0.25) is 0 Å². The van der Waals surface area contributed by atoms with Crippen molar-refractivity contribution in [1.82, 2.24) is 19.2 Å². The summed E-state index contributed by atoms with van der Waals surface area (Å²) in [5.74, 6) is 1.04. The lowest BCUT2D eigenvalue weighted by Gasteiger charge is -2.35. The molecule has 2 rings (SSSR count). The van der Waals surface area contributed by atoms with E-state index in [1.54, 1.807) is 10.5 Å². The molecule has 1 aromatic heterocycles. The van der Waals surface area contributed by atoms with Gasteiger partial charge in [-0.3, -0.25) is 0 Å². The summed E-state index contributed by atoms with van der Waals surface area (Å²) in [7, 11) is -1.54. The van der Waals surface area contributed by atoms with Crippen LogP contribution in [0.3, 0.4) is 0 Å². The minimum atomic E-state index is -3.46. The molecule has 114 valence electrons. The molecule has 6 nitrogen and oxygen atoms in total. The molecule has 2 unspecified atom stereocenters. The summed E-state index contributed by atoms with van der Waals surface area (Å²) < 4.78 is 28.7. The van der Waals surface area contributed by atoms with Gasteiger partial charge < -0.3 is 9.88 Å². The Kier molecular flexibility index (Phi) is 4.51. The van der Waals surface area contributed by atoms with Crippen molar-refractivity contribution in [3.63, 3.8) is 0 Å². The fourth-order valence-corrected chi connectivity index (χ4v) is 4.36. The Hall–Kier alpha value is -0.920. The highest BCUT2D eigenvalue weighted by atomic mass is 32.2. The first-order chi connectivity index (χ1) is 9.40. The molecule has 1 aromatic rings. The molecule has 0 amide bonds. The molecule has 1 aliphatic heterocycles. The Morgan fingerprint density at radius 3 is 2.70 bits per heavy atom. The molecular weight excluding hydrogens is 276 g/mol. The number of nitrogens with one attached hydrogen (secondary N) is 1. The van der Waals surface area contributed by atoms with Gasteiger partial charge in [0, 0.05) is 31.9 Å². The van der Waals surface area contributed by atoms with E-state index in [0.29, 0.717) is 25.0 Å². The van der Waals surface area contributed by atoms with E-state index in [4.69, 9.17) is 0 Å². The summed E-state index contributed by atoms with van der Waals surface area (Å²) in [5.41, 5.74) is 0. The highest BCUT2D eigenvalue weighted by Gasteiger charge is 2.34. The highest BCUT2D eigenvalue weighted by molar-refractivity contribution is 7.89. The van der Waals surface area contributed by atoms with Crippen molar-refractivity contribution in [3.05, 3.63) is 12.0 Å². The van der Waals surface area contributed by atoms with Gasteiger partial charge >= 0.3 is 0 Å². The predicted molar refractivity (Wildman–Crippen MR) is 78.0 cm³/mol. The number of sulfonamides is 1. The number of rotatable bonds is 4. The zero-order chi connectivity index (χ0) is 14.9. The van der Waals surface area contributed by atoms with E-state index in [-0.39, 0.29) is 5.03 Å². The minimum absolute atomic E-state index is 0.173. The van der Waals surface area contributed by atoms with E-state index < -0.39 is 10.0 Å². The Balaban J connectivity index is 2.22. The number of hydrogen-bond donors (Lipinski definition) is 1. The van der Waals surface area contributed by atoms with Crippen LogP contribution in [0.15, 0.2) is 11.2 Å². The van der Waals surface area contributed by atoms with Crippen LogP contribution in [0, 0.1) is 12.8 Å². The first-order valence-corrected chi connectivity index (χ1v) is 8.55. The van der Waals surface area contributed by atoms with Crippen LogP contribution in [0.4, 0.5) is 0 Å². The molecule has 1 fully saturated rings. The average Bonchev–Trinajstić information content (AvgIpc) is 2.80. The Labute approximate surface area is 121 Å². The van der Waals surface area contributed by atoms with Crippen molar-refractivity contribution < 1.29 is 8.42 Å². The maximum absolute atomic E-state index is 12.6. The summed E-state index contributed by atoms with van der Waals surface area (Å²) in [6.45, 7) is 7.72. The van der Waals surface area contributed by atoms with Gasteiger partial charge in [-0.25, -0.2) is 13.4 Å². The lowest BCUT2D eigenvalue weighted by atomic mass is 9.96. The summed E-state index contributed by atoms with van der Waals surface area (Å²) in [4.78, 5) is 4.21. The molecule has 0 saturated carbocycles. The van der Waals surface area contributed by atoms with Crippen LogP contribution in [0.1, 0.15) is 26.1 Å². The van der Waals surface area contributed by atoms with Crippen LogP contribution < -0.4 is 5.32 Å². The lowest BCUT2D eigenvalue weighted by molar-refractivity contribution is 0.227. The number of nitrogens with zero attached hydrogens (tertiary/aromatic N) is 3. The molecule has 2 atom stereocenters. The Bertz CT molecular complexity index is 567. The smallest absolute Gasteiger partial charge is 0.262 e. The van der Waals surface area contributed by atoms with E-state index in [1.807, 2.05) is 25.5 Å². The molecule has 0 aliphatic carbocycles. The third-order valence-electron chi connectivity index (χ3n) is 4.14. The fourth-order valence-electron chi connectivity index (χ4n) is 2.81. The summed E-state index contributed by atoms with van der Waals surface area (Å²) in [6.07, 6.45) is 2.48. The van der Waals surface area contributed by atoms with Crippen LogP contribution in [0.2, 0.25) is 0 Å². The van der Waals surface area contributed by atoms with Crippen molar-refractivity contribution in [3.8, 4) is 0 Å². The molecule has 1 N–H and O–H groups in total. The second-order valence-electron chi connectivity index (χ2n) is 5.44. The summed E-state index contributed by atoms with van der Waals surface area (Å²) in [5, 5.41) is 3.42. The summed E-state index contributed by atoms with van der Waals surface area (Å²) in [6, 6.07) is 0.386. The summed E-state index contributed by atoms with van der Waals surface area (Å²) >= 11 is 0. The maximum Gasteiger partial charge on any atom is 0.262 e. The lowest BCUT2D eigenvalue weighted by Crippen LogP contribution is -2.49.